The van der Waals surface area contributed by atoms with Gasteiger partial charge in [0, 0.05) is 13.1 Å². The van der Waals surface area contributed by atoms with Gasteiger partial charge in [0.05, 0.1) is 26.3 Å². The van der Waals surface area contributed by atoms with Gasteiger partial charge in [-0.05, 0) is 50.3 Å². The molecule has 0 radical (unpaired) electrons. The number of nitrogens with zero attached hydrogens (tertiary/aromatic N) is 1. The van der Waals surface area contributed by atoms with Crippen molar-refractivity contribution in [3.05, 3.63) is 29.8 Å². The first kappa shape index (κ1) is 19.9. The number of ether oxygens (including phenoxy) is 2. The van der Waals surface area contributed by atoms with Crippen LogP contribution in [0.4, 0.5) is 4.79 Å². The molecule has 1 fully saturated rings. The second-order valence-electron chi connectivity index (χ2n) is 6.23. The minimum atomic E-state index is -0.355. The Balaban J connectivity index is 1.89. The van der Waals surface area contributed by atoms with Crippen molar-refractivity contribution in [3.8, 4) is 5.75 Å². The summed E-state index contributed by atoms with van der Waals surface area (Å²) in [6, 6.07) is 7.91. The number of hydrogen-bond donors (Lipinski definition) is 3. The summed E-state index contributed by atoms with van der Waals surface area (Å²) in [6.45, 7) is 6.17. The lowest BCUT2D eigenvalue weighted by Gasteiger charge is -2.20. The van der Waals surface area contributed by atoms with Gasteiger partial charge in [-0.15, -0.1) is 0 Å². The number of methoxy groups -OCH3 is 1. The van der Waals surface area contributed by atoms with E-state index in [1.165, 1.54) is 0 Å². The van der Waals surface area contributed by atoms with Crippen LogP contribution in [0, 0.1) is 5.92 Å². The molecule has 1 saturated carbocycles. The normalized spacial score (nSPS) is 15.1. The van der Waals surface area contributed by atoms with E-state index in [-0.39, 0.29) is 12.1 Å². The highest BCUT2D eigenvalue weighted by atomic mass is 16.5. The molecule has 0 saturated heterocycles. The van der Waals surface area contributed by atoms with Crippen LogP contribution in [0.3, 0.4) is 0 Å². The molecule has 1 aliphatic rings. The SMILES string of the molecule is CCNC(=NCc1ccc(OC)cc1)NCC(NC(=O)OCC)C1CC1. The number of aliphatic imine (C=N–C) groups is 1. The molecule has 1 atom stereocenters. The number of amides is 1. The highest BCUT2D eigenvalue weighted by Gasteiger charge is 2.32. The van der Waals surface area contributed by atoms with Crippen molar-refractivity contribution in [1.29, 1.82) is 0 Å². The quantitative estimate of drug-likeness (QED) is 0.464. The molecule has 0 aliphatic heterocycles. The van der Waals surface area contributed by atoms with Crippen LogP contribution in [-0.2, 0) is 11.3 Å². The van der Waals surface area contributed by atoms with Crippen molar-refractivity contribution in [2.75, 3.05) is 26.8 Å². The fraction of sp³-hybridized carbons (Fsp3) is 0.579. The molecule has 3 N–H and O–H groups in total. The van der Waals surface area contributed by atoms with Crippen LogP contribution < -0.4 is 20.7 Å². The van der Waals surface area contributed by atoms with E-state index in [2.05, 4.69) is 20.9 Å². The summed E-state index contributed by atoms with van der Waals surface area (Å²) in [6.07, 6.45) is 1.92. The third-order valence-corrected chi connectivity index (χ3v) is 4.18. The van der Waals surface area contributed by atoms with Gasteiger partial charge in [-0.2, -0.15) is 0 Å². The van der Waals surface area contributed by atoms with Crippen LogP contribution in [0.1, 0.15) is 32.3 Å². The standard InChI is InChI=1S/C19H30N4O3/c1-4-20-18(21-12-14-6-10-16(25-3)11-7-14)22-13-17(15-8-9-15)23-19(24)26-5-2/h6-7,10-11,15,17H,4-5,8-9,12-13H2,1-3H3,(H,23,24)(H2,20,21,22). The smallest absolute Gasteiger partial charge is 0.407 e. The van der Waals surface area contributed by atoms with Crippen LogP contribution in [0.15, 0.2) is 29.3 Å². The summed E-state index contributed by atoms with van der Waals surface area (Å²) >= 11 is 0. The Morgan fingerprint density at radius 2 is 1.96 bits per heavy atom. The average Bonchev–Trinajstić information content (AvgIpc) is 3.48. The molecule has 7 heteroatoms. The number of carbonyl (C=O) groups excluding carboxylic acids is 1. The molecule has 0 heterocycles. The van der Waals surface area contributed by atoms with Gasteiger partial charge in [-0.25, -0.2) is 9.79 Å². The Hall–Kier alpha value is -2.44. The van der Waals surface area contributed by atoms with Crippen molar-refractivity contribution >= 4 is 12.1 Å². The molecule has 26 heavy (non-hydrogen) atoms. The van der Waals surface area contributed by atoms with Crippen LogP contribution in [-0.4, -0.2) is 44.9 Å². The summed E-state index contributed by atoms with van der Waals surface area (Å²) in [4.78, 5) is 16.3. The monoisotopic (exact) mass is 362 g/mol. The highest BCUT2D eigenvalue weighted by molar-refractivity contribution is 5.79. The van der Waals surface area contributed by atoms with Gasteiger partial charge in [0.1, 0.15) is 5.75 Å². The maximum absolute atomic E-state index is 11.7. The van der Waals surface area contributed by atoms with Crippen molar-refractivity contribution in [1.82, 2.24) is 16.0 Å². The first-order valence-electron chi connectivity index (χ1n) is 9.24. The van der Waals surface area contributed by atoms with E-state index >= 15 is 0 Å². The Bertz CT molecular complexity index is 585. The third kappa shape index (κ3) is 6.82. The Kier molecular flexibility index (Phi) is 8.05. The maximum atomic E-state index is 11.7. The van der Waals surface area contributed by atoms with Crippen molar-refractivity contribution < 1.29 is 14.3 Å². The predicted molar refractivity (Wildman–Crippen MR) is 102 cm³/mol. The van der Waals surface area contributed by atoms with E-state index in [9.17, 15) is 4.79 Å². The molecule has 0 spiro atoms. The van der Waals surface area contributed by atoms with E-state index in [1.54, 1.807) is 14.0 Å². The van der Waals surface area contributed by atoms with Crippen LogP contribution in [0.2, 0.25) is 0 Å². The second-order valence-corrected chi connectivity index (χ2v) is 6.23. The number of hydrogen-bond acceptors (Lipinski definition) is 4. The van der Waals surface area contributed by atoms with E-state index in [1.807, 2.05) is 31.2 Å². The molecule has 1 aliphatic carbocycles. The molecule has 1 amide bonds. The van der Waals surface area contributed by atoms with Crippen molar-refractivity contribution in [3.63, 3.8) is 0 Å². The largest absolute Gasteiger partial charge is 0.497 e. The molecule has 1 aromatic rings. The summed E-state index contributed by atoms with van der Waals surface area (Å²) in [5.41, 5.74) is 1.10. The molecule has 0 bridgehead atoms. The zero-order valence-corrected chi connectivity index (χ0v) is 15.9. The predicted octanol–water partition coefficient (Wildman–Crippen LogP) is 2.28. The van der Waals surface area contributed by atoms with E-state index < -0.39 is 0 Å². The van der Waals surface area contributed by atoms with E-state index in [0.717, 1.165) is 36.7 Å². The Morgan fingerprint density at radius 3 is 2.54 bits per heavy atom. The summed E-state index contributed by atoms with van der Waals surface area (Å²) < 4.78 is 10.2. The average molecular weight is 362 g/mol. The van der Waals surface area contributed by atoms with Crippen LogP contribution in [0.25, 0.3) is 0 Å². The number of alkyl carbamates (subject to hydrolysis) is 1. The van der Waals surface area contributed by atoms with Gasteiger partial charge in [-0.1, -0.05) is 12.1 Å². The van der Waals surface area contributed by atoms with E-state index in [4.69, 9.17) is 9.47 Å². The summed E-state index contributed by atoms with van der Waals surface area (Å²) in [5, 5.41) is 9.51. The fourth-order valence-corrected chi connectivity index (χ4v) is 2.61. The summed E-state index contributed by atoms with van der Waals surface area (Å²) in [5.74, 6) is 2.08. The first-order valence-corrected chi connectivity index (χ1v) is 9.24. The molecule has 1 unspecified atom stereocenters. The topological polar surface area (TPSA) is 84.0 Å². The molecule has 1 aromatic carbocycles. The lowest BCUT2D eigenvalue weighted by Crippen LogP contribution is -2.48. The lowest BCUT2D eigenvalue weighted by molar-refractivity contribution is 0.146. The molecule has 0 aromatic heterocycles. The third-order valence-electron chi connectivity index (χ3n) is 4.18. The first-order chi connectivity index (χ1) is 12.7. The van der Waals surface area contributed by atoms with Crippen LogP contribution in [0.5, 0.6) is 5.75 Å². The molecule has 7 nitrogen and oxygen atoms in total. The highest BCUT2D eigenvalue weighted by Crippen LogP contribution is 2.32. The Labute approximate surface area is 155 Å². The van der Waals surface area contributed by atoms with Gasteiger partial charge in [0.25, 0.3) is 0 Å². The van der Waals surface area contributed by atoms with Gasteiger partial charge in [0.2, 0.25) is 0 Å². The minimum absolute atomic E-state index is 0.0545. The van der Waals surface area contributed by atoms with Gasteiger partial charge in [0.15, 0.2) is 5.96 Å². The van der Waals surface area contributed by atoms with Gasteiger partial charge < -0.3 is 25.4 Å². The van der Waals surface area contributed by atoms with Crippen molar-refractivity contribution in [2.24, 2.45) is 10.9 Å². The number of rotatable bonds is 9. The zero-order valence-electron chi connectivity index (χ0n) is 15.9. The minimum Gasteiger partial charge on any atom is -0.497 e. The molecule has 144 valence electrons. The number of carbonyl (C=O) groups is 1. The summed E-state index contributed by atoms with van der Waals surface area (Å²) in [7, 11) is 1.65. The lowest BCUT2D eigenvalue weighted by atomic mass is 10.2. The molecule has 2 rings (SSSR count). The van der Waals surface area contributed by atoms with Gasteiger partial charge in [-0.3, -0.25) is 0 Å². The van der Waals surface area contributed by atoms with Crippen LogP contribution >= 0.6 is 0 Å². The number of guanidine groups is 1. The zero-order chi connectivity index (χ0) is 18.8. The molecular weight excluding hydrogens is 332 g/mol. The number of benzene rings is 1. The van der Waals surface area contributed by atoms with Gasteiger partial charge >= 0.3 is 6.09 Å². The second kappa shape index (κ2) is 10.5. The van der Waals surface area contributed by atoms with E-state index in [0.29, 0.717) is 25.6 Å². The maximum Gasteiger partial charge on any atom is 0.407 e. The van der Waals surface area contributed by atoms with Crippen molar-refractivity contribution in [2.45, 2.75) is 39.3 Å². The number of nitrogens with one attached hydrogen (secondary N) is 3. The Morgan fingerprint density at radius 1 is 1.23 bits per heavy atom. The molecular formula is C19H30N4O3. The fourth-order valence-electron chi connectivity index (χ4n) is 2.61.